The van der Waals surface area contributed by atoms with Gasteiger partial charge in [-0.2, -0.15) is 0 Å². The maximum atomic E-state index is 12.8. The summed E-state index contributed by atoms with van der Waals surface area (Å²) in [5, 5.41) is 0. The molecule has 1 fully saturated rings. The number of ether oxygens (including phenoxy) is 2. The van der Waals surface area contributed by atoms with Crippen molar-refractivity contribution in [3.05, 3.63) is 60.3 Å². The number of rotatable bonds is 4. The number of carbonyl (C=O) groups is 2. The van der Waals surface area contributed by atoms with Gasteiger partial charge in [0.2, 0.25) is 0 Å². The molecular weight excluding hydrogens is 384 g/mol. The second-order valence-electron chi connectivity index (χ2n) is 6.81. The highest BCUT2D eigenvalue weighted by atomic mass is 16.7. The highest BCUT2D eigenvalue weighted by Gasteiger charge is 2.23. The Kier molecular flexibility index (Phi) is 5.74. The van der Waals surface area contributed by atoms with Crippen molar-refractivity contribution in [1.82, 2.24) is 14.9 Å². The van der Waals surface area contributed by atoms with Crippen molar-refractivity contribution in [2.75, 3.05) is 37.7 Å². The van der Waals surface area contributed by atoms with Gasteiger partial charge in [-0.1, -0.05) is 12.1 Å². The van der Waals surface area contributed by atoms with Crippen molar-refractivity contribution < 1.29 is 19.1 Å². The first-order chi connectivity index (χ1) is 14.6. The summed E-state index contributed by atoms with van der Waals surface area (Å²) >= 11 is 0. The number of para-hydroxylation sites is 2. The van der Waals surface area contributed by atoms with Crippen molar-refractivity contribution in [1.29, 1.82) is 0 Å². The summed E-state index contributed by atoms with van der Waals surface area (Å²) in [4.78, 5) is 37.3. The van der Waals surface area contributed by atoms with Crippen LogP contribution in [0.25, 0.3) is 11.0 Å². The van der Waals surface area contributed by atoms with Gasteiger partial charge in [-0.05, 0) is 43.3 Å². The Morgan fingerprint density at radius 3 is 2.37 bits per heavy atom. The van der Waals surface area contributed by atoms with Crippen LogP contribution in [0.4, 0.5) is 10.6 Å². The molecule has 0 saturated carbocycles. The summed E-state index contributed by atoms with van der Waals surface area (Å²) in [6.45, 7) is 4.50. The average molecular weight is 406 g/mol. The van der Waals surface area contributed by atoms with E-state index in [1.165, 1.54) is 0 Å². The molecule has 0 N–H and O–H groups in total. The SMILES string of the molecule is CCOC(=O)Oc1ccc(C(=O)N2CCN(c3cnc4ccccc4n3)CC2)cc1. The fraction of sp³-hybridized carbons (Fsp3) is 0.273. The lowest BCUT2D eigenvalue weighted by Crippen LogP contribution is -2.49. The second kappa shape index (κ2) is 8.77. The van der Waals surface area contributed by atoms with Crippen LogP contribution in [-0.2, 0) is 4.74 Å². The Morgan fingerprint density at radius 2 is 1.67 bits per heavy atom. The summed E-state index contributed by atoms with van der Waals surface area (Å²) in [7, 11) is 0. The molecule has 0 atom stereocenters. The molecule has 1 amide bonds. The molecule has 1 aliphatic rings. The molecule has 154 valence electrons. The first kappa shape index (κ1) is 19.6. The zero-order valence-electron chi connectivity index (χ0n) is 16.7. The van der Waals surface area contributed by atoms with E-state index in [0.29, 0.717) is 37.5 Å². The molecule has 1 aromatic heterocycles. The summed E-state index contributed by atoms with van der Waals surface area (Å²) in [5.41, 5.74) is 2.27. The number of piperazine rings is 1. The van der Waals surface area contributed by atoms with Crippen molar-refractivity contribution in [2.24, 2.45) is 0 Å². The Morgan fingerprint density at radius 1 is 0.967 bits per heavy atom. The van der Waals surface area contributed by atoms with E-state index < -0.39 is 6.16 Å². The van der Waals surface area contributed by atoms with Crippen LogP contribution in [0.2, 0.25) is 0 Å². The minimum Gasteiger partial charge on any atom is -0.434 e. The van der Waals surface area contributed by atoms with Crippen LogP contribution >= 0.6 is 0 Å². The fourth-order valence-corrected chi connectivity index (χ4v) is 3.33. The highest BCUT2D eigenvalue weighted by molar-refractivity contribution is 5.94. The molecule has 2 heterocycles. The number of aromatic nitrogens is 2. The van der Waals surface area contributed by atoms with Crippen LogP contribution in [-0.4, -0.2) is 59.7 Å². The van der Waals surface area contributed by atoms with Crippen LogP contribution in [0.3, 0.4) is 0 Å². The smallest absolute Gasteiger partial charge is 0.434 e. The van der Waals surface area contributed by atoms with E-state index in [4.69, 9.17) is 9.47 Å². The Hall–Kier alpha value is -3.68. The van der Waals surface area contributed by atoms with E-state index in [0.717, 1.165) is 16.9 Å². The topological polar surface area (TPSA) is 84.9 Å². The Bertz CT molecular complexity index is 1050. The zero-order chi connectivity index (χ0) is 20.9. The minimum absolute atomic E-state index is 0.0538. The van der Waals surface area contributed by atoms with Crippen molar-refractivity contribution in [2.45, 2.75) is 6.92 Å². The molecule has 0 unspecified atom stereocenters. The number of nitrogens with zero attached hydrogens (tertiary/aromatic N) is 4. The lowest BCUT2D eigenvalue weighted by atomic mass is 10.1. The van der Waals surface area contributed by atoms with Crippen molar-refractivity contribution >= 4 is 28.9 Å². The van der Waals surface area contributed by atoms with Gasteiger partial charge in [-0.25, -0.2) is 9.78 Å². The van der Waals surface area contributed by atoms with Gasteiger partial charge in [0.15, 0.2) is 0 Å². The molecule has 30 heavy (non-hydrogen) atoms. The number of amides is 1. The van der Waals surface area contributed by atoms with Gasteiger partial charge in [-0.15, -0.1) is 0 Å². The van der Waals surface area contributed by atoms with Gasteiger partial charge >= 0.3 is 6.16 Å². The third-order valence-electron chi connectivity index (χ3n) is 4.89. The quantitative estimate of drug-likeness (QED) is 0.486. The Balaban J connectivity index is 1.36. The molecular formula is C22H22N4O4. The van der Waals surface area contributed by atoms with Crippen LogP contribution in [0.1, 0.15) is 17.3 Å². The van der Waals surface area contributed by atoms with Crippen LogP contribution in [0.5, 0.6) is 5.75 Å². The standard InChI is InChI=1S/C22H22N4O4/c1-2-29-22(28)30-17-9-7-16(8-10-17)21(27)26-13-11-25(12-14-26)20-15-23-18-5-3-4-6-19(18)24-20/h3-10,15H,2,11-14H2,1H3. The molecule has 2 aromatic carbocycles. The van der Waals surface area contributed by atoms with E-state index in [1.807, 2.05) is 29.2 Å². The number of carbonyl (C=O) groups excluding carboxylic acids is 2. The zero-order valence-corrected chi connectivity index (χ0v) is 16.7. The molecule has 0 aliphatic carbocycles. The van der Waals surface area contributed by atoms with Crippen LogP contribution in [0.15, 0.2) is 54.7 Å². The van der Waals surface area contributed by atoms with Gasteiger partial charge in [0.25, 0.3) is 5.91 Å². The lowest BCUT2D eigenvalue weighted by molar-refractivity contribution is 0.0746. The molecule has 0 bridgehead atoms. The number of anilines is 1. The van der Waals surface area contributed by atoms with Gasteiger partial charge in [0.05, 0.1) is 23.8 Å². The van der Waals surface area contributed by atoms with Gasteiger partial charge in [-0.3, -0.25) is 9.78 Å². The van der Waals surface area contributed by atoms with Crippen molar-refractivity contribution in [3.63, 3.8) is 0 Å². The molecule has 3 aromatic rings. The van der Waals surface area contributed by atoms with Crippen molar-refractivity contribution in [3.8, 4) is 5.75 Å². The second-order valence-corrected chi connectivity index (χ2v) is 6.81. The largest absolute Gasteiger partial charge is 0.513 e. The number of hydrogen-bond donors (Lipinski definition) is 0. The van der Waals surface area contributed by atoms with E-state index in [9.17, 15) is 9.59 Å². The Labute approximate surface area is 174 Å². The number of hydrogen-bond acceptors (Lipinski definition) is 7. The third-order valence-corrected chi connectivity index (χ3v) is 4.89. The third kappa shape index (κ3) is 4.32. The first-order valence-corrected chi connectivity index (χ1v) is 9.84. The summed E-state index contributed by atoms with van der Waals surface area (Å²) in [5.74, 6) is 1.10. The summed E-state index contributed by atoms with van der Waals surface area (Å²) in [6.07, 6.45) is 1.02. The molecule has 0 spiro atoms. The molecule has 0 radical (unpaired) electrons. The number of benzene rings is 2. The molecule has 1 saturated heterocycles. The predicted molar refractivity (Wildman–Crippen MR) is 112 cm³/mol. The predicted octanol–water partition coefficient (Wildman–Crippen LogP) is 3.13. The van der Waals surface area contributed by atoms with Gasteiger partial charge < -0.3 is 19.3 Å². The molecule has 4 rings (SSSR count). The fourth-order valence-electron chi connectivity index (χ4n) is 3.33. The maximum absolute atomic E-state index is 12.8. The lowest BCUT2D eigenvalue weighted by Gasteiger charge is -2.35. The van der Waals surface area contributed by atoms with Gasteiger partial charge in [0.1, 0.15) is 11.6 Å². The monoisotopic (exact) mass is 406 g/mol. The average Bonchev–Trinajstić information content (AvgIpc) is 2.79. The summed E-state index contributed by atoms with van der Waals surface area (Å²) < 4.78 is 9.76. The molecule has 8 heteroatoms. The van der Waals surface area contributed by atoms with E-state index in [1.54, 1.807) is 37.4 Å². The summed E-state index contributed by atoms with van der Waals surface area (Å²) in [6, 6.07) is 14.2. The van der Waals surface area contributed by atoms with E-state index in [-0.39, 0.29) is 12.5 Å². The first-order valence-electron chi connectivity index (χ1n) is 9.84. The molecule has 1 aliphatic heterocycles. The number of fused-ring (bicyclic) bond motifs is 1. The van der Waals surface area contributed by atoms with Gasteiger partial charge in [0, 0.05) is 31.7 Å². The highest BCUT2D eigenvalue weighted by Crippen LogP contribution is 2.19. The van der Waals surface area contributed by atoms with Crippen LogP contribution < -0.4 is 9.64 Å². The molecule has 8 nitrogen and oxygen atoms in total. The van der Waals surface area contributed by atoms with E-state index in [2.05, 4.69) is 14.9 Å². The van der Waals surface area contributed by atoms with Crippen LogP contribution in [0, 0.1) is 0 Å². The normalized spacial score (nSPS) is 13.9. The maximum Gasteiger partial charge on any atom is 0.513 e. The minimum atomic E-state index is -0.760. The van der Waals surface area contributed by atoms with E-state index >= 15 is 0 Å².